The second-order valence-corrected chi connectivity index (χ2v) is 4.75. The number of hydrogen-bond donors (Lipinski definition) is 0. The number of methoxy groups -OCH3 is 1. The average Bonchev–Trinajstić information content (AvgIpc) is 2.34. The molecule has 0 bridgehead atoms. The molecular weight excluding hydrogens is 250 g/mol. The van der Waals surface area contributed by atoms with Gasteiger partial charge in [0.15, 0.2) is 6.61 Å². The van der Waals surface area contributed by atoms with Crippen LogP contribution in [0, 0.1) is 0 Å². The lowest BCUT2D eigenvalue weighted by Crippen LogP contribution is -2.24. The topological polar surface area (TPSA) is 74.7 Å². The summed E-state index contributed by atoms with van der Waals surface area (Å²) in [6.45, 7) is 5.07. The molecule has 0 saturated heterocycles. The molecule has 0 aliphatic heterocycles. The molecule has 0 aliphatic rings. The molecule has 6 heteroatoms. The highest BCUT2D eigenvalue weighted by molar-refractivity contribution is 5.89. The van der Waals surface area contributed by atoms with Gasteiger partial charge in [0.1, 0.15) is 5.60 Å². The number of aromatic nitrogens is 1. The van der Waals surface area contributed by atoms with E-state index in [0.29, 0.717) is 5.56 Å². The van der Waals surface area contributed by atoms with Crippen molar-refractivity contribution in [2.45, 2.75) is 26.4 Å². The van der Waals surface area contributed by atoms with Gasteiger partial charge in [-0.3, -0.25) is 0 Å². The molecular formula is C13H17NO5. The van der Waals surface area contributed by atoms with Crippen molar-refractivity contribution in [1.82, 2.24) is 4.98 Å². The number of carbonyl (C=O) groups excluding carboxylic acids is 2. The SMILES string of the molecule is COC(=O)COc1cc(C(=O)OC(C)(C)C)ccn1. The molecule has 0 unspecified atom stereocenters. The van der Waals surface area contributed by atoms with Crippen LogP contribution in [0.15, 0.2) is 18.3 Å². The van der Waals surface area contributed by atoms with Gasteiger partial charge >= 0.3 is 11.9 Å². The quantitative estimate of drug-likeness (QED) is 0.771. The van der Waals surface area contributed by atoms with E-state index in [1.807, 2.05) is 0 Å². The van der Waals surface area contributed by atoms with Gasteiger partial charge in [0.05, 0.1) is 12.7 Å². The summed E-state index contributed by atoms with van der Waals surface area (Å²) in [6, 6.07) is 2.93. The summed E-state index contributed by atoms with van der Waals surface area (Å²) in [7, 11) is 1.26. The second-order valence-electron chi connectivity index (χ2n) is 4.75. The second kappa shape index (κ2) is 6.17. The highest BCUT2D eigenvalue weighted by Crippen LogP contribution is 2.15. The predicted octanol–water partition coefficient (Wildman–Crippen LogP) is 1.59. The van der Waals surface area contributed by atoms with E-state index in [-0.39, 0.29) is 12.5 Å². The Balaban J connectivity index is 2.71. The summed E-state index contributed by atoms with van der Waals surface area (Å²) in [5.41, 5.74) is -0.266. The zero-order chi connectivity index (χ0) is 14.5. The van der Waals surface area contributed by atoms with Crippen LogP contribution in [0.4, 0.5) is 0 Å². The van der Waals surface area contributed by atoms with Crippen LogP contribution in [0.1, 0.15) is 31.1 Å². The fourth-order valence-corrected chi connectivity index (χ4v) is 1.14. The van der Waals surface area contributed by atoms with Crippen molar-refractivity contribution in [3.05, 3.63) is 23.9 Å². The van der Waals surface area contributed by atoms with Crippen molar-refractivity contribution in [3.8, 4) is 5.88 Å². The van der Waals surface area contributed by atoms with Gasteiger partial charge < -0.3 is 14.2 Å². The number of carbonyl (C=O) groups is 2. The Labute approximate surface area is 111 Å². The first-order chi connectivity index (χ1) is 8.81. The van der Waals surface area contributed by atoms with E-state index in [0.717, 1.165) is 0 Å². The van der Waals surface area contributed by atoms with Crippen LogP contribution >= 0.6 is 0 Å². The highest BCUT2D eigenvalue weighted by Gasteiger charge is 2.18. The molecule has 0 aliphatic carbocycles. The van der Waals surface area contributed by atoms with Gasteiger partial charge in [-0.25, -0.2) is 14.6 Å². The van der Waals surface area contributed by atoms with Gasteiger partial charge in [-0.2, -0.15) is 0 Å². The first-order valence-electron chi connectivity index (χ1n) is 5.71. The maximum Gasteiger partial charge on any atom is 0.343 e. The maximum atomic E-state index is 11.8. The molecule has 0 amide bonds. The third kappa shape index (κ3) is 5.37. The van der Waals surface area contributed by atoms with E-state index in [1.54, 1.807) is 20.8 Å². The largest absolute Gasteiger partial charge is 0.466 e. The maximum absolute atomic E-state index is 11.8. The summed E-state index contributed by atoms with van der Waals surface area (Å²) < 4.78 is 14.7. The lowest BCUT2D eigenvalue weighted by atomic mass is 10.2. The van der Waals surface area contributed by atoms with E-state index in [2.05, 4.69) is 9.72 Å². The molecule has 0 N–H and O–H groups in total. The molecule has 0 saturated carbocycles. The molecule has 0 radical (unpaired) electrons. The van der Waals surface area contributed by atoms with E-state index in [4.69, 9.17) is 9.47 Å². The molecule has 1 aromatic rings. The van der Waals surface area contributed by atoms with Gasteiger partial charge in [-0.15, -0.1) is 0 Å². The van der Waals surface area contributed by atoms with Crippen molar-refractivity contribution in [1.29, 1.82) is 0 Å². The Kier molecular flexibility index (Phi) is 4.86. The van der Waals surface area contributed by atoms with Gasteiger partial charge in [-0.1, -0.05) is 0 Å². The number of esters is 2. The van der Waals surface area contributed by atoms with Crippen LogP contribution in [-0.4, -0.2) is 36.2 Å². The Morgan fingerprint density at radius 1 is 1.32 bits per heavy atom. The Morgan fingerprint density at radius 2 is 2.00 bits per heavy atom. The minimum atomic E-state index is -0.576. The molecule has 0 atom stereocenters. The third-order valence-electron chi connectivity index (χ3n) is 1.94. The number of nitrogens with zero attached hydrogens (tertiary/aromatic N) is 1. The van der Waals surface area contributed by atoms with Crippen LogP contribution in [0.2, 0.25) is 0 Å². The Bertz CT molecular complexity index is 464. The Morgan fingerprint density at radius 3 is 2.58 bits per heavy atom. The van der Waals surface area contributed by atoms with E-state index < -0.39 is 17.5 Å². The fraction of sp³-hybridized carbons (Fsp3) is 0.462. The van der Waals surface area contributed by atoms with Crippen molar-refractivity contribution >= 4 is 11.9 Å². The van der Waals surface area contributed by atoms with Crippen molar-refractivity contribution in [3.63, 3.8) is 0 Å². The predicted molar refractivity (Wildman–Crippen MR) is 66.9 cm³/mol. The molecule has 1 rings (SSSR count). The number of hydrogen-bond acceptors (Lipinski definition) is 6. The summed E-state index contributed by atoms with van der Waals surface area (Å²) >= 11 is 0. The fourth-order valence-electron chi connectivity index (χ4n) is 1.14. The Hall–Kier alpha value is -2.11. The molecule has 1 heterocycles. The van der Waals surface area contributed by atoms with E-state index in [9.17, 15) is 9.59 Å². The van der Waals surface area contributed by atoms with Gasteiger partial charge in [0, 0.05) is 12.3 Å². The molecule has 1 aromatic heterocycles. The van der Waals surface area contributed by atoms with Gasteiger partial charge in [-0.05, 0) is 26.8 Å². The first kappa shape index (κ1) is 14.9. The summed E-state index contributed by atoms with van der Waals surface area (Å²) in [4.78, 5) is 26.6. The molecule has 104 valence electrons. The van der Waals surface area contributed by atoms with Crippen molar-refractivity contribution < 1.29 is 23.8 Å². The minimum absolute atomic E-state index is 0.161. The zero-order valence-corrected chi connectivity index (χ0v) is 11.4. The van der Waals surface area contributed by atoms with Crippen LogP contribution in [0.5, 0.6) is 5.88 Å². The summed E-state index contributed by atoms with van der Waals surface area (Å²) in [5.74, 6) is -0.837. The normalized spacial score (nSPS) is 10.7. The smallest absolute Gasteiger partial charge is 0.343 e. The molecule has 0 fully saturated rings. The number of rotatable bonds is 4. The molecule has 6 nitrogen and oxygen atoms in total. The number of ether oxygens (including phenoxy) is 3. The monoisotopic (exact) mass is 267 g/mol. The average molecular weight is 267 g/mol. The first-order valence-corrected chi connectivity index (χ1v) is 5.71. The van der Waals surface area contributed by atoms with Gasteiger partial charge in [0.25, 0.3) is 0 Å². The summed E-state index contributed by atoms with van der Waals surface area (Å²) in [6.07, 6.45) is 1.41. The van der Waals surface area contributed by atoms with E-state index >= 15 is 0 Å². The molecule has 0 spiro atoms. The number of pyridine rings is 1. The third-order valence-corrected chi connectivity index (χ3v) is 1.94. The lowest BCUT2D eigenvalue weighted by molar-refractivity contribution is -0.143. The highest BCUT2D eigenvalue weighted by atomic mass is 16.6. The van der Waals surface area contributed by atoms with Crippen LogP contribution in [0.3, 0.4) is 0 Å². The zero-order valence-electron chi connectivity index (χ0n) is 11.4. The van der Waals surface area contributed by atoms with Crippen LogP contribution < -0.4 is 4.74 Å². The molecule has 19 heavy (non-hydrogen) atoms. The standard InChI is InChI=1S/C13H17NO5/c1-13(2,3)19-12(16)9-5-6-14-10(7-9)18-8-11(15)17-4/h5-7H,8H2,1-4H3. The minimum Gasteiger partial charge on any atom is -0.466 e. The van der Waals surface area contributed by atoms with Crippen molar-refractivity contribution in [2.75, 3.05) is 13.7 Å². The summed E-state index contributed by atoms with van der Waals surface area (Å²) in [5, 5.41) is 0. The van der Waals surface area contributed by atoms with Crippen LogP contribution in [-0.2, 0) is 14.3 Å². The van der Waals surface area contributed by atoms with Crippen molar-refractivity contribution in [2.24, 2.45) is 0 Å². The lowest BCUT2D eigenvalue weighted by Gasteiger charge is -2.19. The van der Waals surface area contributed by atoms with E-state index in [1.165, 1.54) is 25.4 Å². The molecule has 0 aromatic carbocycles. The van der Waals surface area contributed by atoms with Crippen LogP contribution in [0.25, 0.3) is 0 Å². The van der Waals surface area contributed by atoms with Gasteiger partial charge in [0.2, 0.25) is 5.88 Å².